The Kier molecular flexibility index (Phi) is 3.46. The van der Waals surface area contributed by atoms with E-state index in [0.29, 0.717) is 30.2 Å². The highest BCUT2D eigenvalue weighted by Crippen LogP contribution is 2.40. The summed E-state index contributed by atoms with van der Waals surface area (Å²) in [4.78, 5) is 7.32. The summed E-state index contributed by atoms with van der Waals surface area (Å²) in [6.07, 6.45) is 3.06. The molecule has 1 saturated carbocycles. The van der Waals surface area contributed by atoms with E-state index >= 15 is 0 Å². The number of rotatable bonds is 4. The Labute approximate surface area is 150 Å². The number of nitrogens with one attached hydrogen (secondary N) is 1. The second kappa shape index (κ2) is 5.63. The zero-order valence-corrected chi connectivity index (χ0v) is 14.9. The van der Waals surface area contributed by atoms with Crippen molar-refractivity contribution in [2.75, 3.05) is 6.54 Å². The molecule has 1 atom stereocenters. The maximum Gasteiger partial charge on any atom is 0.243 e. The maximum absolute atomic E-state index is 13.0. The fourth-order valence-corrected chi connectivity index (χ4v) is 4.92. The second-order valence-electron chi connectivity index (χ2n) is 6.99. The minimum absolute atomic E-state index is 0.250. The van der Waals surface area contributed by atoms with Crippen LogP contribution in [0.4, 0.5) is 0 Å². The number of fused-ring (bicyclic) bond motifs is 2. The Morgan fingerprint density at radius 3 is 2.88 bits per heavy atom. The van der Waals surface area contributed by atoms with Crippen molar-refractivity contribution in [3.8, 4) is 0 Å². The lowest BCUT2D eigenvalue weighted by molar-refractivity contribution is 0.148. The van der Waals surface area contributed by atoms with E-state index in [4.69, 9.17) is 0 Å². The SMILES string of the molecule is O=S(=O)(c1ccc2nc[nH]c2c1)N1CCn2nc([C@H](O)C3CC3)cc2C1. The molecule has 0 saturated heterocycles. The fourth-order valence-electron chi connectivity index (χ4n) is 3.49. The van der Waals surface area contributed by atoms with Crippen LogP contribution in [0.25, 0.3) is 11.0 Å². The van der Waals surface area contributed by atoms with E-state index in [1.165, 1.54) is 4.31 Å². The first-order valence-electron chi connectivity index (χ1n) is 8.70. The lowest BCUT2D eigenvalue weighted by atomic mass is 10.1. The number of aromatic nitrogens is 4. The Morgan fingerprint density at radius 1 is 1.23 bits per heavy atom. The van der Waals surface area contributed by atoms with E-state index < -0.39 is 16.1 Å². The van der Waals surface area contributed by atoms with Crippen molar-refractivity contribution in [1.82, 2.24) is 24.1 Å². The predicted octanol–water partition coefficient (Wildman–Crippen LogP) is 1.41. The molecule has 136 valence electrons. The van der Waals surface area contributed by atoms with Crippen LogP contribution in [-0.4, -0.2) is 44.1 Å². The molecule has 0 unspecified atom stereocenters. The quantitative estimate of drug-likeness (QED) is 0.719. The van der Waals surface area contributed by atoms with Gasteiger partial charge in [0.25, 0.3) is 0 Å². The van der Waals surface area contributed by atoms with Crippen LogP contribution in [0.2, 0.25) is 0 Å². The molecule has 3 aromatic rings. The minimum atomic E-state index is -3.61. The van der Waals surface area contributed by atoms with Crippen LogP contribution in [0, 0.1) is 5.92 Å². The predicted molar refractivity (Wildman–Crippen MR) is 93.6 cm³/mol. The van der Waals surface area contributed by atoms with Gasteiger partial charge in [0, 0.05) is 6.54 Å². The molecule has 2 aromatic heterocycles. The number of sulfonamides is 1. The molecular weight excluding hydrogens is 354 g/mol. The van der Waals surface area contributed by atoms with E-state index in [2.05, 4.69) is 15.1 Å². The van der Waals surface area contributed by atoms with E-state index in [9.17, 15) is 13.5 Å². The van der Waals surface area contributed by atoms with Gasteiger partial charge >= 0.3 is 0 Å². The standard InChI is InChI=1S/C17H19N5O3S/c23-17(11-1-2-11)16-7-12-9-21(5-6-22(12)20-16)26(24,25)13-3-4-14-15(8-13)19-10-18-14/h3-4,7-8,10-11,17,23H,1-2,5-6,9H2,(H,18,19)/t17-/m1/s1. The van der Waals surface area contributed by atoms with Gasteiger partial charge in [0.05, 0.1) is 46.7 Å². The number of hydrogen-bond donors (Lipinski definition) is 2. The summed E-state index contributed by atoms with van der Waals surface area (Å²) in [5.41, 5.74) is 2.90. The first-order valence-corrected chi connectivity index (χ1v) is 10.1. The van der Waals surface area contributed by atoms with Crippen LogP contribution in [-0.2, 0) is 23.1 Å². The number of benzene rings is 1. The number of aromatic amines is 1. The zero-order chi connectivity index (χ0) is 17.9. The molecule has 26 heavy (non-hydrogen) atoms. The fraction of sp³-hybridized carbons (Fsp3) is 0.412. The van der Waals surface area contributed by atoms with Crippen LogP contribution in [0.15, 0.2) is 35.5 Å². The van der Waals surface area contributed by atoms with Gasteiger partial charge in [0.2, 0.25) is 10.0 Å². The van der Waals surface area contributed by atoms with Crippen molar-refractivity contribution in [3.05, 3.63) is 42.0 Å². The summed E-state index contributed by atoms with van der Waals surface area (Å²) in [5.74, 6) is 0.299. The Balaban J connectivity index is 1.43. The molecule has 1 aliphatic carbocycles. The topological polar surface area (TPSA) is 104 Å². The number of H-pyrrole nitrogens is 1. The summed E-state index contributed by atoms with van der Waals surface area (Å²) >= 11 is 0. The zero-order valence-electron chi connectivity index (χ0n) is 14.0. The second-order valence-corrected chi connectivity index (χ2v) is 8.92. The Morgan fingerprint density at radius 2 is 2.08 bits per heavy atom. The van der Waals surface area contributed by atoms with Crippen molar-refractivity contribution in [1.29, 1.82) is 0 Å². The molecule has 2 aliphatic rings. The highest BCUT2D eigenvalue weighted by molar-refractivity contribution is 7.89. The number of imidazole rings is 1. The third kappa shape index (κ3) is 2.54. The molecule has 9 heteroatoms. The molecule has 8 nitrogen and oxygen atoms in total. The molecule has 3 heterocycles. The van der Waals surface area contributed by atoms with E-state index in [1.54, 1.807) is 24.5 Å². The van der Waals surface area contributed by atoms with Gasteiger partial charge in [-0.05, 0) is 43.0 Å². The summed E-state index contributed by atoms with van der Waals surface area (Å²) in [6.45, 7) is 1.10. The third-order valence-electron chi connectivity index (χ3n) is 5.18. The van der Waals surface area contributed by atoms with Crippen LogP contribution in [0.5, 0.6) is 0 Å². The summed E-state index contributed by atoms with van der Waals surface area (Å²) in [5, 5.41) is 14.7. The van der Waals surface area contributed by atoms with Crippen LogP contribution in [0.3, 0.4) is 0 Å². The Bertz CT molecular complexity index is 1080. The van der Waals surface area contributed by atoms with Gasteiger partial charge in [0.15, 0.2) is 0 Å². The van der Waals surface area contributed by atoms with E-state index in [0.717, 1.165) is 24.1 Å². The first-order chi connectivity index (χ1) is 12.5. The molecule has 0 amide bonds. The normalized spacial score (nSPS) is 19.6. The van der Waals surface area contributed by atoms with Gasteiger partial charge in [-0.25, -0.2) is 13.4 Å². The van der Waals surface area contributed by atoms with Crippen LogP contribution >= 0.6 is 0 Å². The molecule has 0 radical (unpaired) electrons. The number of aliphatic hydroxyl groups excluding tert-OH is 1. The Hall–Kier alpha value is -2.23. The number of nitrogens with zero attached hydrogens (tertiary/aromatic N) is 4. The highest BCUT2D eigenvalue weighted by Gasteiger charge is 2.35. The maximum atomic E-state index is 13.0. The van der Waals surface area contributed by atoms with Gasteiger partial charge in [0.1, 0.15) is 6.10 Å². The van der Waals surface area contributed by atoms with Crippen LogP contribution < -0.4 is 0 Å². The molecular formula is C17H19N5O3S. The van der Waals surface area contributed by atoms with Crippen molar-refractivity contribution in [2.24, 2.45) is 5.92 Å². The summed E-state index contributed by atoms with van der Waals surface area (Å²) in [7, 11) is -3.61. The molecule has 1 fully saturated rings. The molecule has 1 aromatic carbocycles. The third-order valence-corrected chi connectivity index (χ3v) is 7.02. The molecule has 1 aliphatic heterocycles. The van der Waals surface area contributed by atoms with Crippen molar-refractivity contribution in [3.63, 3.8) is 0 Å². The van der Waals surface area contributed by atoms with E-state index in [1.807, 2.05) is 10.7 Å². The number of aliphatic hydroxyl groups is 1. The summed E-state index contributed by atoms with van der Waals surface area (Å²) < 4.78 is 29.3. The van der Waals surface area contributed by atoms with Crippen LogP contribution in [0.1, 0.15) is 30.3 Å². The molecule has 0 spiro atoms. The average molecular weight is 373 g/mol. The minimum Gasteiger partial charge on any atom is -0.386 e. The average Bonchev–Trinajstić information content (AvgIpc) is 3.23. The molecule has 0 bridgehead atoms. The molecule has 2 N–H and O–H groups in total. The number of hydrogen-bond acceptors (Lipinski definition) is 5. The lowest BCUT2D eigenvalue weighted by Crippen LogP contribution is -2.38. The van der Waals surface area contributed by atoms with Crippen molar-refractivity contribution in [2.45, 2.75) is 36.9 Å². The largest absolute Gasteiger partial charge is 0.386 e. The smallest absolute Gasteiger partial charge is 0.243 e. The van der Waals surface area contributed by atoms with Gasteiger partial charge in [-0.15, -0.1) is 0 Å². The van der Waals surface area contributed by atoms with Crippen molar-refractivity contribution < 1.29 is 13.5 Å². The summed E-state index contributed by atoms with van der Waals surface area (Å²) in [6, 6.07) is 6.75. The van der Waals surface area contributed by atoms with Gasteiger partial charge in [-0.2, -0.15) is 9.40 Å². The highest BCUT2D eigenvalue weighted by atomic mass is 32.2. The van der Waals surface area contributed by atoms with Gasteiger partial charge < -0.3 is 10.1 Å². The monoisotopic (exact) mass is 373 g/mol. The van der Waals surface area contributed by atoms with E-state index in [-0.39, 0.29) is 11.4 Å². The van der Waals surface area contributed by atoms with Crippen molar-refractivity contribution >= 4 is 21.1 Å². The van der Waals surface area contributed by atoms with Gasteiger partial charge in [-0.1, -0.05) is 0 Å². The first kappa shape index (κ1) is 16.0. The molecule has 5 rings (SSSR count). The lowest BCUT2D eigenvalue weighted by Gasteiger charge is -2.26. The van der Waals surface area contributed by atoms with Gasteiger partial charge in [-0.3, -0.25) is 4.68 Å².